The minimum atomic E-state index is -0.123. The topological polar surface area (TPSA) is 49.0 Å². The number of H-pyrrole nitrogens is 1. The van der Waals surface area contributed by atoms with Gasteiger partial charge in [-0.3, -0.25) is 4.79 Å². The maximum atomic E-state index is 10.9. The third kappa shape index (κ3) is 2.92. The molecule has 0 amide bonds. The standard InChI is InChI=1S/C12H19N3O/c1-2-15-7-3-4-10(9-15)8-11-5-6-12(16)14-13-11/h5-6,10H,2-4,7-9H2,1H3,(H,14,16). The van der Waals surface area contributed by atoms with E-state index < -0.39 is 0 Å². The Morgan fingerprint density at radius 3 is 3.12 bits per heavy atom. The fourth-order valence-electron chi connectivity index (χ4n) is 2.39. The molecule has 1 N–H and O–H groups in total. The smallest absolute Gasteiger partial charge is 0.264 e. The third-order valence-electron chi connectivity index (χ3n) is 3.28. The minimum Gasteiger partial charge on any atom is -0.303 e. The van der Waals surface area contributed by atoms with Gasteiger partial charge in [-0.25, -0.2) is 5.10 Å². The van der Waals surface area contributed by atoms with E-state index in [0.717, 1.165) is 25.2 Å². The van der Waals surface area contributed by atoms with Gasteiger partial charge in [0.2, 0.25) is 0 Å². The van der Waals surface area contributed by atoms with Gasteiger partial charge in [0.15, 0.2) is 0 Å². The Morgan fingerprint density at radius 1 is 1.56 bits per heavy atom. The summed E-state index contributed by atoms with van der Waals surface area (Å²) in [5.74, 6) is 0.687. The number of aromatic nitrogens is 2. The molecule has 0 spiro atoms. The van der Waals surface area contributed by atoms with Crippen LogP contribution in [0.25, 0.3) is 0 Å². The van der Waals surface area contributed by atoms with Gasteiger partial charge < -0.3 is 4.90 Å². The van der Waals surface area contributed by atoms with Crippen molar-refractivity contribution in [3.05, 3.63) is 28.2 Å². The summed E-state index contributed by atoms with van der Waals surface area (Å²) in [5.41, 5.74) is 0.880. The molecule has 0 aromatic carbocycles. The van der Waals surface area contributed by atoms with Crippen molar-refractivity contribution in [2.75, 3.05) is 19.6 Å². The van der Waals surface area contributed by atoms with Crippen molar-refractivity contribution in [3.8, 4) is 0 Å². The van der Waals surface area contributed by atoms with Gasteiger partial charge >= 0.3 is 0 Å². The molecular formula is C12H19N3O. The first-order valence-electron chi connectivity index (χ1n) is 6.05. The number of aromatic amines is 1. The first-order chi connectivity index (χ1) is 7.78. The van der Waals surface area contributed by atoms with Crippen molar-refractivity contribution >= 4 is 0 Å². The summed E-state index contributed by atoms with van der Waals surface area (Å²) in [5, 5.41) is 6.56. The Hall–Kier alpha value is -1.16. The molecule has 1 atom stereocenters. The van der Waals surface area contributed by atoms with E-state index in [1.165, 1.54) is 19.4 Å². The highest BCUT2D eigenvalue weighted by atomic mass is 16.1. The first kappa shape index (κ1) is 11.3. The predicted molar refractivity (Wildman–Crippen MR) is 63.4 cm³/mol. The van der Waals surface area contributed by atoms with Crippen LogP contribution in [-0.2, 0) is 6.42 Å². The van der Waals surface area contributed by atoms with Crippen LogP contribution in [0, 0.1) is 5.92 Å². The fraction of sp³-hybridized carbons (Fsp3) is 0.667. The highest BCUT2D eigenvalue weighted by Gasteiger charge is 2.19. The summed E-state index contributed by atoms with van der Waals surface area (Å²) in [6.07, 6.45) is 3.53. The Morgan fingerprint density at radius 2 is 2.44 bits per heavy atom. The maximum absolute atomic E-state index is 10.9. The monoisotopic (exact) mass is 221 g/mol. The zero-order valence-electron chi connectivity index (χ0n) is 9.78. The second-order valence-electron chi connectivity index (χ2n) is 4.52. The van der Waals surface area contributed by atoms with Crippen LogP contribution in [-0.4, -0.2) is 34.7 Å². The minimum absolute atomic E-state index is 0.123. The van der Waals surface area contributed by atoms with Gasteiger partial charge in [-0.1, -0.05) is 6.92 Å². The van der Waals surface area contributed by atoms with E-state index in [2.05, 4.69) is 22.0 Å². The van der Waals surface area contributed by atoms with Crippen molar-refractivity contribution in [2.45, 2.75) is 26.2 Å². The molecule has 1 aliphatic rings. The Kier molecular flexibility index (Phi) is 3.72. The van der Waals surface area contributed by atoms with Crippen molar-refractivity contribution in [1.29, 1.82) is 0 Å². The summed E-state index contributed by atoms with van der Waals surface area (Å²) < 4.78 is 0. The zero-order valence-corrected chi connectivity index (χ0v) is 9.78. The molecular weight excluding hydrogens is 202 g/mol. The predicted octanol–water partition coefficient (Wildman–Crippen LogP) is 1.04. The van der Waals surface area contributed by atoms with E-state index in [-0.39, 0.29) is 5.56 Å². The van der Waals surface area contributed by atoms with E-state index in [4.69, 9.17) is 0 Å². The van der Waals surface area contributed by atoms with Gasteiger partial charge in [0.25, 0.3) is 5.56 Å². The van der Waals surface area contributed by atoms with Crippen molar-refractivity contribution in [3.63, 3.8) is 0 Å². The fourth-order valence-corrected chi connectivity index (χ4v) is 2.39. The number of rotatable bonds is 3. The van der Waals surface area contributed by atoms with Crippen LogP contribution in [0.3, 0.4) is 0 Å². The number of likely N-dealkylation sites (tertiary alicyclic amines) is 1. The molecule has 0 radical (unpaired) electrons. The average molecular weight is 221 g/mol. The van der Waals surface area contributed by atoms with Gasteiger partial charge in [-0.05, 0) is 44.3 Å². The average Bonchev–Trinajstić information content (AvgIpc) is 2.32. The summed E-state index contributed by atoms with van der Waals surface area (Å²) in [7, 11) is 0. The van der Waals surface area contributed by atoms with Crippen LogP contribution < -0.4 is 5.56 Å². The van der Waals surface area contributed by atoms with Gasteiger partial charge in [-0.2, -0.15) is 5.10 Å². The molecule has 88 valence electrons. The highest BCUT2D eigenvalue weighted by Crippen LogP contribution is 2.19. The molecule has 1 unspecified atom stereocenters. The Balaban J connectivity index is 1.93. The van der Waals surface area contributed by atoms with Crippen molar-refractivity contribution < 1.29 is 0 Å². The molecule has 4 nitrogen and oxygen atoms in total. The second-order valence-corrected chi connectivity index (χ2v) is 4.52. The van der Waals surface area contributed by atoms with Crippen LogP contribution in [0.5, 0.6) is 0 Å². The first-order valence-corrected chi connectivity index (χ1v) is 6.05. The lowest BCUT2D eigenvalue weighted by Crippen LogP contribution is -2.36. The number of nitrogens with zero attached hydrogens (tertiary/aromatic N) is 2. The molecule has 1 saturated heterocycles. The molecule has 16 heavy (non-hydrogen) atoms. The number of piperidine rings is 1. The Bertz CT molecular complexity index is 368. The van der Waals surface area contributed by atoms with E-state index >= 15 is 0 Å². The van der Waals surface area contributed by atoms with Gasteiger partial charge in [-0.15, -0.1) is 0 Å². The quantitative estimate of drug-likeness (QED) is 0.829. The van der Waals surface area contributed by atoms with E-state index in [0.29, 0.717) is 5.92 Å². The van der Waals surface area contributed by atoms with Crippen molar-refractivity contribution in [1.82, 2.24) is 15.1 Å². The number of hydrogen-bond acceptors (Lipinski definition) is 3. The highest BCUT2D eigenvalue weighted by molar-refractivity contribution is 5.01. The van der Waals surface area contributed by atoms with E-state index in [9.17, 15) is 4.79 Å². The number of nitrogens with one attached hydrogen (secondary N) is 1. The lowest BCUT2D eigenvalue weighted by atomic mass is 9.93. The molecule has 1 aromatic rings. The van der Waals surface area contributed by atoms with Gasteiger partial charge in [0.1, 0.15) is 0 Å². The molecule has 1 aliphatic heterocycles. The summed E-state index contributed by atoms with van der Waals surface area (Å²) in [4.78, 5) is 13.4. The molecule has 4 heteroatoms. The Labute approximate surface area is 95.7 Å². The normalized spacial score (nSPS) is 22.2. The zero-order chi connectivity index (χ0) is 11.4. The molecule has 0 aliphatic carbocycles. The van der Waals surface area contributed by atoms with E-state index in [1.807, 2.05) is 6.07 Å². The van der Waals surface area contributed by atoms with Crippen LogP contribution >= 0.6 is 0 Å². The lowest BCUT2D eigenvalue weighted by Gasteiger charge is -2.31. The van der Waals surface area contributed by atoms with Crippen LogP contribution in [0.4, 0.5) is 0 Å². The van der Waals surface area contributed by atoms with E-state index in [1.54, 1.807) is 6.07 Å². The largest absolute Gasteiger partial charge is 0.303 e. The number of hydrogen-bond donors (Lipinski definition) is 1. The molecule has 2 rings (SSSR count). The summed E-state index contributed by atoms with van der Waals surface area (Å²) >= 11 is 0. The molecule has 0 saturated carbocycles. The van der Waals surface area contributed by atoms with Crippen molar-refractivity contribution in [2.24, 2.45) is 5.92 Å². The van der Waals surface area contributed by atoms with Gasteiger partial charge in [0.05, 0.1) is 5.69 Å². The second kappa shape index (κ2) is 5.25. The van der Waals surface area contributed by atoms with Crippen LogP contribution in [0.2, 0.25) is 0 Å². The molecule has 0 bridgehead atoms. The molecule has 1 aromatic heterocycles. The third-order valence-corrected chi connectivity index (χ3v) is 3.28. The molecule has 2 heterocycles. The SMILES string of the molecule is CCN1CCCC(Cc2ccc(=O)[nH]n2)C1. The summed E-state index contributed by atoms with van der Waals surface area (Å²) in [6.45, 7) is 5.74. The summed E-state index contributed by atoms with van der Waals surface area (Å²) in [6, 6.07) is 3.40. The lowest BCUT2D eigenvalue weighted by molar-refractivity contribution is 0.181. The maximum Gasteiger partial charge on any atom is 0.264 e. The van der Waals surface area contributed by atoms with Gasteiger partial charge in [0, 0.05) is 12.6 Å². The van der Waals surface area contributed by atoms with Crippen LogP contribution in [0.1, 0.15) is 25.5 Å². The van der Waals surface area contributed by atoms with Crippen LogP contribution in [0.15, 0.2) is 16.9 Å². The molecule has 1 fully saturated rings.